The Hall–Kier alpha value is -5.62. The summed E-state index contributed by atoms with van der Waals surface area (Å²) in [4.78, 5) is 53.1. The van der Waals surface area contributed by atoms with Crippen LogP contribution in [0.4, 0.5) is 10.2 Å². The fourth-order valence-electron chi connectivity index (χ4n) is 8.51. The Morgan fingerprint density at radius 2 is 1.60 bits per heavy atom. The van der Waals surface area contributed by atoms with Gasteiger partial charge in [-0.05, 0) is 116 Å². The molecule has 0 bridgehead atoms. The third-order valence-corrected chi connectivity index (χ3v) is 11.4. The number of amides is 3. The van der Waals surface area contributed by atoms with Crippen LogP contribution in [0.15, 0.2) is 85.2 Å². The lowest BCUT2D eigenvalue weighted by molar-refractivity contribution is -0.125. The van der Waals surface area contributed by atoms with Crippen molar-refractivity contribution in [2.75, 3.05) is 44.2 Å². The van der Waals surface area contributed by atoms with Crippen molar-refractivity contribution in [1.29, 1.82) is 0 Å². The molecule has 11 nitrogen and oxygen atoms in total. The van der Waals surface area contributed by atoms with E-state index in [-0.39, 0.29) is 34.8 Å². The smallest absolute Gasteiger partial charge is 0.282 e. The number of benzene rings is 3. The molecule has 1 aliphatic carbocycles. The SMILES string of the molecule is C=C1CCC(N2C(=O)c3ncc(N4CCN(CCCCCOc5ccc([C@@H]6c7ccc(O)cc7CC[C@@H]6c6ccc(F)cc6)cc5)CC4)nc3C2=O)C(=O)N1. The molecule has 2 N–H and O–H groups in total. The molecule has 8 rings (SSSR count). The number of fused-ring (bicyclic) bond motifs is 2. The summed E-state index contributed by atoms with van der Waals surface area (Å²) in [6.07, 6.45) is 7.19. The van der Waals surface area contributed by atoms with Gasteiger partial charge in [0.2, 0.25) is 5.91 Å². The number of aryl methyl sites for hydroxylation is 1. The van der Waals surface area contributed by atoms with Crippen LogP contribution in [0, 0.1) is 5.82 Å². The number of hydrogen-bond donors (Lipinski definition) is 2. The minimum atomic E-state index is -0.889. The van der Waals surface area contributed by atoms with Crippen LogP contribution in [-0.2, 0) is 11.2 Å². The summed E-state index contributed by atoms with van der Waals surface area (Å²) in [5, 5.41) is 12.8. The van der Waals surface area contributed by atoms with Gasteiger partial charge in [-0.15, -0.1) is 0 Å². The average molecular weight is 745 g/mol. The standard InChI is InChI=1S/C43H45FN6O5/c1-27-5-18-36(41(52)46-27)50-42(53)39-40(43(50)54)47-37(26-45-39)49-22-20-48(21-23-49)19-3-2-4-24-55-33-14-8-29(9-15-33)38-34(28-6-11-31(44)12-7-28)16-10-30-25-32(51)13-17-35(30)38/h6-9,11-15,17,25-26,34,36,38,51H,1-5,10,16,18-24H2,(H,46,52)/t34-,36?,38+/m1/s1. The number of halogens is 1. The molecule has 3 atom stereocenters. The molecule has 2 saturated heterocycles. The molecule has 3 amide bonds. The number of rotatable bonds is 11. The Morgan fingerprint density at radius 1 is 0.855 bits per heavy atom. The Bertz CT molecular complexity index is 2100. The van der Waals surface area contributed by atoms with Gasteiger partial charge in [-0.3, -0.25) is 24.2 Å². The highest BCUT2D eigenvalue weighted by atomic mass is 19.1. The Kier molecular flexibility index (Phi) is 10.3. The summed E-state index contributed by atoms with van der Waals surface area (Å²) in [5.74, 6) is 0.149. The van der Waals surface area contributed by atoms with E-state index >= 15 is 0 Å². The number of nitrogens with zero attached hydrogens (tertiary/aromatic N) is 5. The predicted octanol–water partition coefficient (Wildman–Crippen LogP) is 5.94. The summed E-state index contributed by atoms with van der Waals surface area (Å²) in [7, 11) is 0. The van der Waals surface area contributed by atoms with Crippen LogP contribution in [0.1, 0.15) is 93.6 Å². The molecule has 12 heteroatoms. The lowest BCUT2D eigenvalue weighted by atomic mass is 9.69. The highest BCUT2D eigenvalue weighted by Gasteiger charge is 2.46. The number of anilines is 1. The maximum absolute atomic E-state index is 13.8. The zero-order valence-corrected chi connectivity index (χ0v) is 30.8. The highest BCUT2D eigenvalue weighted by molar-refractivity contribution is 6.21. The Labute approximate surface area is 319 Å². The molecule has 0 spiro atoms. The Balaban J connectivity index is 0.786. The third kappa shape index (κ3) is 7.55. The number of carbonyl (C=O) groups excluding carboxylic acids is 3. The van der Waals surface area contributed by atoms with E-state index in [0.29, 0.717) is 31.0 Å². The molecule has 3 aliphatic heterocycles. The number of carbonyl (C=O) groups is 3. The topological polar surface area (TPSA) is 128 Å². The van der Waals surface area contributed by atoms with Crippen molar-refractivity contribution in [3.8, 4) is 11.5 Å². The minimum Gasteiger partial charge on any atom is -0.508 e. The number of piperazine rings is 1. The lowest BCUT2D eigenvalue weighted by Crippen LogP contribution is -2.51. The van der Waals surface area contributed by atoms with Gasteiger partial charge in [0.25, 0.3) is 11.8 Å². The van der Waals surface area contributed by atoms with Gasteiger partial charge in [-0.25, -0.2) is 14.4 Å². The second-order valence-electron chi connectivity index (χ2n) is 14.9. The molecule has 284 valence electrons. The molecular formula is C43H45FN6O5. The number of nitrogens with one attached hydrogen (secondary N) is 1. The monoisotopic (exact) mass is 744 g/mol. The van der Waals surface area contributed by atoms with Crippen molar-refractivity contribution >= 4 is 23.5 Å². The van der Waals surface area contributed by atoms with E-state index in [0.717, 1.165) is 86.6 Å². The zero-order valence-electron chi connectivity index (χ0n) is 30.8. The number of imide groups is 1. The van der Waals surface area contributed by atoms with Crippen LogP contribution in [0.3, 0.4) is 0 Å². The molecule has 4 aliphatic rings. The van der Waals surface area contributed by atoms with Gasteiger partial charge in [-0.2, -0.15) is 0 Å². The first-order chi connectivity index (χ1) is 26.7. The highest BCUT2D eigenvalue weighted by Crippen LogP contribution is 2.47. The third-order valence-electron chi connectivity index (χ3n) is 11.4. The van der Waals surface area contributed by atoms with E-state index in [1.165, 1.54) is 23.3 Å². The van der Waals surface area contributed by atoms with Crippen molar-refractivity contribution in [2.45, 2.75) is 62.8 Å². The minimum absolute atomic E-state index is 0.00426. The number of aromatic hydroxyl groups is 1. The van der Waals surface area contributed by atoms with Gasteiger partial charge < -0.3 is 20.1 Å². The second-order valence-corrected chi connectivity index (χ2v) is 14.9. The van der Waals surface area contributed by atoms with Crippen molar-refractivity contribution in [3.63, 3.8) is 0 Å². The van der Waals surface area contributed by atoms with E-state index in [1.54, 1.807) is 12.3 Å². The molecule has 0 saturated carbocycles. The van der Waals surface area contributed by atoms with Crippen molar-refractivity contribution in [1.82, 2.24) is 25.1 Å². The predicted molar refractivity (Wildman–Crippen MR) is 205 cm³/mol. The molecule has 1 aromatic heterocycles. The van der Waals surface area contributed by atoms with Gasteiger partial charge in [-0.1, -0.05) is 36.9 Å². The second kappa shape index (κ2) is 15.6. The molecule has 4 aromatic rings. The van der Waals surface area contributed by atoms with E-state index in [9.17, 15) is 23.9 Å². The average Bonchev–Trinajstić information content (AvgIpc) is 3.44. The van der Waals surface area contributed by atoms with Crippen LogP contribution in [0.2, 0.25) is 0 Å². The maximum Gasteiger partial charge on any atom is 0.282 e. The number of unbranched alkanes of at least 4 members (excludes halogenated alkanes) is 2. The summed E-state index contributed by atoms with van der Waals surface area (Å²) >= 11 is 0. The van der Waals surface area contributed by atoms with E-state index in [4.69, 9.17) is 4.74 Å². The number of phenols is 1. The number of phenolic OH excluding ortho intramolecular Hbond substituents is 1. The summed E-state index contributed by atoms with van der Waals surface area (Å²) < 4.78 is 19.9. The van der Waals surface area contributed by atoms with Gasteiger partial charge in [0.1, 0.15) is 29.2 Å². The number of aromatic nitrogens is 2. The van der Waals surface area contributed by atoms with Crippen LogP contribution < -0.4 is 15.0 Å². The first-order valence-electron chi connectivity index (χ1n) is 19.2. The largest absolute Gasteiger partial charge is 0.508 e. The van der Waals surface area contributed by atoms with Gasteiger partial charge in [0.05, 0.1) is 12.8 Å². The van der Waals surface area contributed by atoms with Crippen LogP contribution in [-0.4, -0.2) is 88.0 Å². The molecular weight excluding hydrogens is 700 g/mol. The fraction of sp³-hybridized carbons (Fsp3) is 0.372. The lowest BCUT2D eigenvalue weighted by Gasteiger charge is -2.35. The molecule has 2 fully saturated rings. The number of hydrogen-bond acceptors (Lipinski definition) is 9. The zero-order chi connectivity index (χ0) is 38.1. The van der Waals surface area contributed by atoms with E-state index in [1.807, 2.05) is 36.4 Å². The number of allylic oxidation sites excluding steroid dienone is 1. The van der Waals surface area contributed by atoms with Crippen molar-refractivity contribution in [3.05, 3.63) is 125 Å². The summed E-state index contributed by atoms with van der Waals surface area (Å²) in [6, 6.07) is 19.9. The Morgan fingerprint density at radius 3 is 2.36 bits per heavy atom. The fourth-order valence-corrected chi connectivity index (χ4v) is 8.51. The van der Waals surface area contributed by atoms with E-state index < -0.39 is 23.8 Å². The molecule has 3 aromatic carbocycles. The first kappa shape index (κ1) is 36.4. The van der Waals surface area contributed by atoms with Gasteiger partial charge in [0.15, 0.2) is 11.4 Å². The molecule has 1 unspecified atom stereocenters. The number of piperidine rings is 1. The van der Waals surface area contributed by atoms with Crippen LogP contribution >= 0.6 is 0 Å². The maximum atomic E-state index is 13.8. The van der Waals surface area contributed by atoms with Gasteiger partial charge >= 0.3 is 0 Å². The summed E-state index contributed by atoms with van der Waals surface area (Å²) in [5.41, 5.74) is 5.22. The quantitative estimate of drug-likeness (QED) is 0.142. The first-order valence-corrected chi connectivity index (χ1v) is 19.2. The van der Waals surface area contributed by atoms with Crippen LogP contribution in [0.25, 0.3) is 0 Å². The molecule has 55 heavy (non-hydrogen) atoms. The van der Waals surface area contributed by atoms with E-state index in [2.05, 4.69) is 43.8 Å². The van der Waals surface area contributed by atoms with Crippen LogP contribution in [0.5, 0.6) is 11.5 Å². The molecule has 4 heterocycles. The van der Waals surface area contributed by atoms with Crippen molar-refractivity contribution < 1.29 is 28.6 Å². The molecule has 0 radical (unpaired) electrons. The van der Waals surface area contributed by atoms with Gasteiger partial charge in [0, 0.05) is 37.8 Å². The van der Waals surface area contributed by atoms with Crippen molar-refractivity contribution in [2.24, 2.45) is 0 Å². The normalized spacial score (nSPS) is 21.4. The summed E-state index contributed by atoms with van der Waals surface area (Å²) in [6.45, 7) is 8.53. The number of ether oxygens (including phenoxy) is 1.